The van der Waals surface area contributed by atoms with Gasteiger partial charge in [0, 0.05) is 11.1 Å². The number of halogens is 1. The minimum absolute atomic E-state index is 0.148. The van der Waals surface area contributed by atoms with E-state index in [2.05, 4.69) is 15.0 Å². The number of nitrogens with zero attached hydrogens (tertiary/aromatic N) is 1. The van der Waals surface area contributed by atoms with Gasteiger partial charge in [-0.2, -0.15) is 0 Å². The number of pyridine rings is 1. The van der Waals surface area contributed by atoms with E-state index in [0.29, 0.717) is 22.2 Å². The molecule has 1 heterocycles. The Balaban J connectivity index is 1.70. The van der Waals surface area contributed by atoms with E-state index in [1.54, 1.807) is 43.3 Å². The van der Waals surface area contributed by atoms with Crippen LogP contribution in [0.4, 0.5) is 5.69 Å². The zero-order chi connectivity index (χ0) is 21.0. The number of nitrogens with one attached hydrogen (secondary N) is 1. The third-order valence-corrected chi connectivity index (χ3v) is 4.37. The fraction of sp³-hybridized carbons (Fsp3) is 0.143. The second-order valence-corrected chi connectivity index (χ2v) is 6.54. The highest BCUT2D eigenvalue weighted by molar-refractivity contribution is 6.30. The van der Waals surface area contributed by atoms with Gasteiger partial charge >= 0.3 is 11.9 Å². The Kier molecular flexibility index (Phi) is 6.09. The first-order valence-corrected chi connectivity index (χ1v) is 8.98. The summed E-state index contributed by atoms with van der Waals surface area (Å²) >= 11 is 5.97. The summed E-state index contributed by atoms with van der Waals surface area (Å²) in [5, 5.41) is 3.34. The van der Waals surface area contributed by atoms with E-state index in [-0.39, 0.29) is 10.7 Å². The number of hydrogen-bond acceptors (Lipinski definition) is 6. The smallest absolute Gasteiger partial charge is 0.339 e. The molecule has 29 heavy (non-hydrogen) atoms. The van der Waals surface area contributed by atoms with Gasteiger partial charge < -0.3 is 14.8 Å². The van der Waals surface area contributed by atoms with Crippen LogP contribution in [-0.4, -0.2) is 36.5 Å². The molecule has 1 amide bonds. The molecule has 0 unspecified atom stereocenters. The number of hydrogen-bond donors (Lipinski definition) is 1. The van der Waals surface area contributed by atoms with E-state index >= 15 is 0 Å². The maximum absolute atomic E-state index is 12.5. The van der Waals surface area contributed by atoms with Gasteiger partial charge in [-0.15, -0.1) is 0 Å². The Morgan fingerprint density at radius 3 is 2.59 bits per heavy atom. The van der Waals surface area contributed by atoms with Crippen molar-refractivity contribution in [1.82, 2.24) is 4.98 Å². The molecular weight excluding hydrogens is 396 g/mol. The predicted molar refractivity (Wildman–Crippen MR) is 108 cm³/mol. The topological polar surface area (TPSA) is 94.6 Å². The zero-order valence-electron chi connectivity index (χ0n) is 15.7. The first-order chi connectivity index (χ1) is 13.9. The summed E-state index contributed by atoms with van der Waals surface area (Å²) < 4.78 is 9.81. The van der Waals surface area contributed by atoms with Crippen molar-refractivity contribution >= 4 is 46.0 Å². The van der Waals surface area contributed by atoms with E-state index < -0.39 is 24.5 Å². The predicted octanol–water partition coefficient (Wildman–Crippen LogP) is 3.78. The largest absolute Gasteiger partial charge is 0.465 e. The molecular formula is C21H17ClN2O5. The lowest BCUT2D eigenvalue weighted by Crippen LogP contribution is -2.21. The number of aromatic nitrogens is 1. The van der Waals surface area contributed by atoms with Gasteiger partial charge in [0.15, 0.2) is 6.61 Å². The summed E-state index contributed by atoms with van der Waals surface area (Å²) in [4.78, 5) is 40.5. The molecule has 7 nitrogen and oxygen atoms in total. The Morgan fingerprint density at radius 2 is 1.83 bits per heavy atom. The Morgan fingerprint density at radius 1 is 1.07 bits per heavy atom. The van der Waals surface area contributed by atoms with Crippen molar-refractivity contribution in [2.24, 2.45) is 0 Å². The van der Waals surface area contributed by atoms with Crippen molar-refractivity contribution in [2.75, 3.05) is 19.0 Å². The molecule has 148 valence electrons. The summed E-state index contributed by atoms with van der Waals surface area (Å²) in [5.41, 5.74) is 2.22. The molecule has 3 aromatic rings. The van der Waals surface area contributed by atoms with Gasteiger partial charge in [0.25, 0.3) is 5.91 Å². The number of methoxy groups -OCH3 is 1. The molecule has 1 N–H and O–H groups in total. The van der Waals surface area contributed by atoms with E-state index in [4.69, 9.17) is 16.3 Å². The Bertz CT molecular complexity index is 1110. The number of carbonyl (C=O) groups excluding carboxylic acids is 3. The first kappa shape index (κ1) is 20.3. The summed E-state index contributed by atoms with van der Waals surface area (Å²) in [6.45, 7) is 1.27. The number of para-hydroxylation sites is 1. The van der Waals surface area contributed by atoms with E-state index in [1.807, 2.05) is 0 Å². The summed E-state index contributed by atoms with van der Waals surface area (Å²) in [6, 6.07) is 13.1. The van der Waals surface area contributed by atoms with Crippen molar-refractivity contribution in [1.29, 1.82) is 0 Å². The van der Waals surface area contributed by atoms with Crippen LogP contribution < -0.4 is 5.32 Å². The van der Waals surface area contributed by atoms with Crippen LogP contribution >= 0.6 is 11.6 Å². The van der Waals surface area contributed by atoms with Crippen LogP contribution in [0.25, 0.3) is 10.9 Å². The molecule has 2 aromatic carbocycles. The van der Waals surface area contributed by atoms with Crippen LogP contribution in [0, 0.1) is 6.92 Å². The van der Waals surface area contributed by atoms with Gasteiger partial charge in [-0.05, 0) is 36.8 Å². The fourth-order valence-corrected chi connectivity index (χ4v) is 2.91. The standard InChI is InChI=1S/C21H17ClN2O5/c1-12-7-8-13(20(26)28-2)9-17(12)24-19(25)11-29-21(27)15-10-18(22)23-16-6-4-3-5-14(15)16/h3-10H,11H2,1-2H3,(H,24,25). The maximum atomic E-state index is 12.5. The Hall–Kier alpha value is -3.45. The number of rotatable bonds is 5. The van der Waals surface area contributed by atoms with Crippen LogP contribution in [0.3, 0.4) is 0 Å². The minimum Gasteiger partial charge on any atom is -0.465 e. The van der Waals surface area contributed by atoms with Crippen LogP contribution in [0.5, 0.6) is 0 Å². The normalized spacial score (nSPS) is 10.4. The third kappa shape index (κ3) is 4.70. The number of amides is 1. The monoisotopic (exact) mass is 412 g/mol. The van der Waals surface area contributed by atoms with Gasteiger partial charge in [0.2, 0.25) is 0 Å². The number of carbonyl (C=O) groups is 3. The molecule has 1 aromatic heterocycles. The minimum atomic E-state index is -0.694. The molecule has 0 aliphatic rings. The van der Waals surface area contributed by atoms with E-state index in [9.17, 15) is 14.4 Å². The quantitative estimate of drug-likeness (QED) is 0.506. The van der Waals surface area contributed by atoms with Gasteiger partial charge in [-0.25, -0.2) is 14.6 Å². The van der Waals surface area contributed by atoms with Gasteiger partial charge in [0.05, 0.1) is 23.8 Å². The van der Waals surface area contributed by atoms with E-state index in [1.165, 1.54) is 19.2 Å². The zero-order valence-corrected chi connectivity index (χ0v) is 16.4. The molecule has 0 bridgehead atoms. The molecule has 0 atom stereocenters. The van der Waals surface area contributed by atoms with Crippen molar-refractivity contribution in [3.05, 3.63) is 70.4 Å². The highest BCUT2D eigenvalue weighted by Crippen LogP contribution is 2.22. The van der Waals surface area contributed by atoms with Gasteiger partial charge in [-0.1, -0.05) is 35.9 Å². The van der Waals surface area contributed by atoms with Crippen LogP contribution in [-0.2, 0) is 14.3 Å². The highest BCUT2D eigenvalue weighted by Gasteiger charge is 2.16. The van der Waals surface area contributed by atoms with Crippen LogP contribution in [0.2, 0.25) is 5.15 Å². The average molecular weight is 413 g/mol. The Labute approximate surface area is 171 Å². The SMILES string of the molecule is COC(=O)c1ccc(C)c(NC(=O)COC(=O)c2cc(Cl)nc3ccccc23)c1. The van der Waals surface area contributed by atoms with Crippen molar-refractivity contribution in [2.45, 2.75) is 6.92 Å². The highest BCUT2D eigenvalue weighted by atomic mass is 35.5. The van der Waals surface area contributed by atoms with Crippen LogP contribution in [0.1, 0.15) is 26.3 Å². The third-order valence-electron chi connectivity index (χ3n) is 4.17. The molecule has 0 spiro atoms. The van der Waals surface area contributed by atoms with Crippen molar-refractivity contribution < 1.29 is 23.9 Å². The first-order valence-electron chi connectivity index (χ1n) is 8.60. The lowest BCUT2D eigenvalue weighted by molar-refractivity contribution is -0.119. The molecule has 0 saturated carbocycles. The number of anilines is 1. The molecule has 3 rings (SSSR count). The molecule has 0 fully saturated rings. The second kappa shape index (κ2) is 8.70. The lowest BCUT2D eigenvalue weighted by Gasteiger charge is -2.11. The van der Waals surface area contributed by atoms with Crippen molar-refractivity contribution in [3.8, 4) is 0 Å². The summed E-state index contributed by atoms with van der Waals surface area (Å²) in [7, 11) is 1.27. The lowest BCUT2D eigenvalue weighted by atomic mass is 10.1. The number of aryl methyl sites for hydroxylation is 1. The summed E-state index contributed by atoms with van der Waals surface area (Å²) in [6.07, 6.45) is 0. The van der Waals surface area contributed by atoms with E-state index in [0.717, 1.165) is 5.56 Å². The number of benzene rings is 2. The molecule has 0 saturated heterocycles. The summed E-state index contributed by atoms with van der Waals surface area (Å²) in [5.74, 6) is -1.76. The average Bonchev–Trinajstić information content (AvgIpc) is 2.72. The maximum Gasteiger partial charge on any atom is 0.339 e. The second-order valence-electron chi connectivity index (χ2n) is 6.16. The number of ether oxygens (including phenoxy) is 2. The molecule has 0 radical (unpaired) electrons. The molecule has 0 aliphatic carbocycles. The molecule has 8 heteroatoms. The van der Waals surface area contributed by atoms with Crippen molar-refractivity contribution in [3.63, 3.8) is 0 Å². The number of fused-ring (bicyclic) bond motifs is 1. The fourth-order valence-electron chi connectivity index (χ4n) is 2.71. The van der Waals surface area contributed by atoms with Crippen LogP contribution in [0.15, 0.2) is 48.5 Å². The van der Waals surface area contributed by atoms with Gasteiger partial charge in [-0.3, -0.25) is 4.79 Å². The molecule has 0 aliphatic heterocycles. The number of esters is 2. The van der Waals surface area contributed by atoms with Gasteiger partial charge in [0.1, 0.15) is 5.15 Å².